The van der Waals surface area contributed by atoms with Gasteiger partial charge in [-0.05, 0) is 45.4 Å². The monoisotopic (exact) mass is 338 g/mol. The Kier molecular flexibility index (Phi) is 5.50. The highest BCUT2D eigenvalue weighted by Crippen LogP contribution is 2.28. The molecule has 1 aromatic carbocycles. The van der Waals surface area contributed by atoms with Crippen LogP contribution in [0.1, 0.15) is 39.4 Å². The number of urea groups is 1. The van der Waals surface area contributed by atoms with Gasteiger partial charge in [0, 0.05) is 13.7 Å². The van der Waals surface area contributed by atoms with Crippen LogP contribution in [0.5, 0.6) is 0 Å². The Bertz CT molecular complexity index is 556. The molecule has 6 heteroatoms. The molecule has 0 bridgehead atoms. The lowest BCUT2D eigenvalue weighted by Gasteiger charge is -2.47. The smallest absolute Gasteiger partial charge is 0.317 e. The maximum absolute atomic E-state index is 13.0. The fourth-order valence-electron chi connectivity index (χ4n) is 3.24. The van der Waals surface area contributed by atoms with Crippen LogP contribution in [0.4, 0.5) is 9.18 Å². The standard InChI is InChI=1S/C18H27FN2O3/c1-17(2)11-21(12-18(3,4)24-17)16(22)20-10-15(23-5)13-6-8-14(19)9-7-13/h6-9,15H,10-12H2,1-5H3,(H,20,22). The summed E-state index contributed by atoms with van der Waals surface area (Å²) in [5.74, 6) is -0.296. The zero-order valence-corrected chi connectivity index (χ0v) is 15.1. The molecule has 2 amide bonds. The van der Waals surface area contributed by atoms with E-state index in [1.54, 1.807) is 24.1 Å². The highest BCUT2D eigenvalue weighted by atomic mass is 19.1. The van der Waals surface area contributed by atoms with Crippen LogP contribution in [0, 0.1) is 5.82 Å². The number of nitrogens with zero attached hydrogens (tertiary/aromatic N) is 1. The lowest BCUT2D eigenvalue weighted by molar-refractivity contribution is -0.170. The number of nitrogens with one attached hydrogen (secondary N) is 1. The van der Waals surface area contributed by atoms with Gasteiger partial charge in [-0.3, -0.25) is 0 Å². The lowest BCUT2D eigenvalue weighted by Crippen LogP contribution is -2.60. The zero-order valence-electron chi connectivity index (χ0n) is 15.1. The number of benzene rings is 1. The molecular formula is C18H27FN2O3. The van der Waals surface area contributed by atoms with Gasteiger partial charge in [-0.25, -0.2) is 9.18 Å². The molecule has 1 N–H and O–H groups in total. The Hall–Kier alpha value is -1.66. The van der Waals surface area contributed by atoms with Gasteiger partial charge in [0.2, 0.25) is 0 Å². The molecule has 1 fully saturated rings. The number of carbonyl (C=O) groups excluding carboxylic acids is 1. The number of halogens is 1. The van der Waals surface area contributed by atoms with E-state index in [2.05, 4.69) is 5.32 Å². The fraction of sp³-hybridized carbons (Fsp3) is 0.611. The van der Waals surface area contributed by atoms with Crippen molar-refractivity contribution < 1.29 is 18.7 Å². The maximum Gasteiger partial charge on any atom is 0.317 e. The maximum atomic E-state index is 13.0. The van der Waals surface area contributed by atoms with E-state index in [0.717, 1.165) is 5.56 Å². The third-order valence-corrected chi connectivity index (χ3v) is 3.95. The summed E-state index contributed by atoms with van der Waals surface area (Å²) in [7, 11) is 1.57. The molecule has 24 heavy (non-hydrogen) atoms. The topological polar surface area (TPSA) is 50.8 Å². The number of rotatable bonds is 4. The van der Waals surface area contributed by atoms with Crippen LogP contribution in [0.25, 0.3) is 0 Å². The summed E-state index contributed by atoms with van der Waals surface area (Å²) >= 11 is 0. The summed E-state index contributed by atoms with van der Waals surface area (Å²) in [6, 6.07) is 5.95. The molecule has 0 aromatic heterocycles. The van der Waals surface area contributed by atoms with E-state index in [-0.39, 0.29) is 18.0 Å². The molecule has 2 rings (SSSR count). The fourth-order valence-corrected chi connectivity index (χ4v) is 3.24. The molecule has 5 nitrogen and oxygen atoms in total. The van der Waals surface area contributed by atoms with Gasteiger partial charge in [0.1, 0.15) is 5.82 Å². The average molecular weight is 338 g/mol. The van der Waals surface area contributed by atoms with E-state index in [4.69, 9.17) is 9.47 Å². The van der Waals surface area contributed by atoms with Crippen molar-refractivity contribution in [2.75, 3.05) is 26.7 Å². The van der Waals surface area contributed by atoms with Crippen LogP contribution < -0.4 is 5.32 Å². The second-order valence-corrected chi connectivity index (χ2v) is 7.44. The summed E-state index contributed by atoms with van der Waals surface area (Å²) in [5.41, 5.74) is 0.0368. The summed E-state index contributed by atoms with van der Waals surface area (Å²) in [6.45, 7) is 9.27. The molecule has 0 spiro atoms. The third-order valence-electron chi connectivity index (χ3n) is 3.95. The molecule has 134 valence electrons. The minimum Gasteiger partial charge on any atom is -0.375 e. The first-order valence-electron chi connectivity index (χ1n) is 8.13. The van der Waals surface area contributed by atoms with Gasteiger partial charge < -0.3 is 19.7 Å². The van der Waals surface area contributed by atoms with Crippen molar-refractivity contribution in [2.24, 2.45) is 0 Å². The van der Waals surface area contributed by atoms with Crippen molar-refractivity contribution in [1.29, 1.82) is 0 Å². The van der Waals surface area contributed by atoms with Gasteiger partial charge in [0.15, 0.2) is 0 Å². The van der Waals surface area contributed by atoms with Crippen LogP contribution in [-0.2, 0) is 9.47 Å². The first kappa shape index (κ1) is 18.7. The molecule has 1 aliphatic heterocycles. The quantitative estimate of drug-likeness (QED) is 0.918. The molecule has 1 aromatic rings. The van der Waals surface area contributed by atoms with Crippen molar-refractivity contribution in [2.45, 2.75) is 45.0 Å². The van der Waals surface area contributed by atoms with Gasteiger partial charge in [-0.15, -0.1) is 0 Å². The van der Waals surface area contributed by atoms with Gasteiger partial charge in [-0.1, -0.05) is 12.1 Å². The van der Waals surface area contributed by atoms with Gasteiger partial charge in [-0.2, -0.15) is 0 Å². The van der Waals surface area contributed by atoms with Gasteiger partial charge in [0.25, 0.3) is 0 Å². The van der Waals surface area contributed by atoms with E-state index in [1.807, 2.05) is 27.7 Å². The van der Waals surface area contributed by atoms with Crippen LogP contribution in [0.3, 0.4) is 0 Å². The SMILES string of the molecule is COC(CNC(=O)N1CC(C)(C)OC(C)(C)C1)c1ccc(F)cc1. The Morgan fingerprint density at radius 1 is 1.25 bits per heavy atom. The van der Waals surface area contributed by atoms with Crippen molar-refractivity contribution in [3.05, 3.63) is 35.6 Å². The third kappa shape index (κ3) is 4.92. The Morgan fingerprint density at radius 3 is 2.29 bits per heavy atom. The second-order valence-electron chi connectivity index (χ2n) is 7.44. The summed E-state index contributed by atoms with van der Waals surface area (Å²) in [4.78, 5) is 14.3. The minimum atomic E-state index is -0.392. The van der Waals surface area contributed by atoms with Crippen molar-refractivity contribution in [3.63, 3.8) is 0 Å². The number of hydrogen-bond acceptors (Lipinski definition) is 3. The minimum absolute atomic E-state index is 0.149. The van der Waals surface area contributed by atoms with E-state index in [0.29, 0.717) is 19.6 Å². The Labute approximate surface area is 143 Å². The molecule has 1 aliphatic rings. The number of methoxy groups -OCH3 is 1. The average Bonchev–Trinajstić information content (AvgIpc) is 2.46. The van der Waals surface area contributed by atoms with E-state index < -0.39 is 11.2 Å². The molecular weight excluding hydrogens is 311 g/mol. The molecule has 1 unspecified atom stereocenters. The van der Waals surface area contributed by atoms with E-state index in [9.17, 15) is 9.18 Å². The number of amides is 2. The van der Waals surface area contributed by atoms with E-state index in [1.165, 1.54) is 12.1 Å². The summed E-state index contributed by atoms with van der Waals surface area (Å²) in [5, 5.41) is 2.90. The van der Waals surface area contributed by atoms with E-state index >= 15 is 0 Å². The number of carbonyl (C=O) groups is 1. The molecule has 1 heterocycles. The number of ether oxygens (including phenoxy) is 2. The van der Waals surface area contributed by atoms with Gasteiger partial charge in [0.05, 0.1) is 30.4 Å². The largest absolute Gasteiger partial charge is 0.375 e. The predicted octanol–water partition coefficient (Wildman–Crippen LogP) is 3.11. The predicted molar refractivity (Wildman–Crippen MR) is 90.4 cm³/mol. The molecule has 0 aliphatic carbocycles. The molecule has 0 radical (unpaired) electrons. The molecule has 1 atom stereocenters. The molecule has 1 saturated heterocycles. The first-order chi connectivity index (χ1) is 11.1. The highest BCUT2D eigenvalue weighted by molar-refractivity contribution is 5.74. The van der Waals surface area contributed by atoms with Crippen LogP contribution in [0.15, 0.2) is 24.3 Å². The number of hydrogen-bond donors (Lipinski definition) is 1. The number of morpholine rings is 1. The Balaban J connectivity index is 1.97. The Morgan fingerprint density at radius 2 is 1.79 bits per heavy atom. The zero-order chi connectivity index (χ0) is 18.0. The normalized spacial score (nSPS) is 20.5. The van der Waals surface area contributed by atoms with Crippen molar-refractivity contribution >= 4 is 6.03 Å². The first-order valence-corrected chi connectivity index (χ1v) is 8.13. The van der Waals surface area contributed by atoms with Crippen molar-refractivity contribution in [3.8, 4) is 0 Å². The second kappa shape index (κ2) is 7.07. The molecule has 0 saturated carbocycles. The van der Waals surface area contributed by atoms with Crippen LogP contribution in [-0.4, -0.2) is 48.9 Å². The lowest BCUT2D eigenvalue weighted by atomic mass is 9.99. The van der Waals surface area contributed by atoms with Crippen molar-refractivity contribution in [1.82, 2.24) is 10.2 Å². The highest BCUT2D eigenvalue weighted by Gasteiger charge is 2.40. The summed E-state index contributed by atoms with van der Waals surface area (Å²) < 4.78 is 24.4. The van der Waals surface area contributed by atoms with Crippen LogP contribution in [0.2, 0.25) is 0 Å². The van der Waals surface area contributed by atoms with Gasteiger partial charge >= 0.3 is 6.03 Å². The van der Waals surface area contributed by atoms with Crippen LogP contribution >= 0.6 is 0 Å². The summed E-state index contributed by atoms with van der Waals surface area (Å²) in [6.07, 6.45) is -0.323.